The first-order chi connectivity index (χ1) is 13.4. The molecule has 148 valence electrons. The smallest absolute Gasteiger partial charge is 0.277 e. The van der Waals surface area contributed by atoms with Crippen LogP contribution in [0, 0.1) is 5.41 Å². The molecule has 1 aliphatic heterocycles. The number of rotatable bonds is 6. The summed E-state index contributed by atoms with van der Waals surface area (Å²) in [6.45, 7) is 1.92. The Balaban J connectivity index is 1.56. The van der Waals surface area contributed by atoms with Gasteiger partial charge >= 0.3 is 0 Å². The van der Waals surface area contributed by atoms with Gasteiger partial charge in [-0.25, -0.2) is 5.06 Å². The molecule has 0 aromatic heterocycles. The number of hydrogen-bond donors (Lipinski definition) is 3. The minimum Gasteiger partial charge on any atom is -0.390 e. The number of hydrogen-bond acceptors (Lipinski definition) is 5. The average molecular weight is 384 g/mol. The van der Waals surface area contributed by atoms with Gasteiger partial charge in [-0.05, 0) is 24.3 Å². The van der Waals surface area contributed by atoms with E-state index < -0.39 is 23.5 Å². The van der Waals surface area contributed by atoms with Gasteiger partial charge in [-0.15, -0.1) is 0 Å². The zero-order chi connectivity index (χ0) is 20.1. The van der Waals surface area contributed by atoms with Crippen LogP contribution in [0.3, 0.4) is 0 Å². The van der Waals surface area contributed by atoms with Crippen LogP contribution in [-0.4, -0.2) is 59.1 Å². The second-order valence-corrected chi connectivity index (χ2v) is 7.25. The molecule has 2 aromatic rings. The number of carbonyl (C=O) groups excluding carboxylic acids is 2. The number of nitrogens with one attached hydrogen (secondary N) is 1. The highest BCUT2D eigenvalue weighted by Gasteiger charge is 2.47. The van der Waals surface area contributed by atoms with Crippen molar-refractivity contribution in [1.29, 1.82) is 0 Å². The number of hydroxylamine groups is 2. The molecule has 2 aromatic carbocycles. The third-order valence-corrected chi connectivity index (χ3v) is 4.96. The Bertz CT molecular complexity index is 814. The molecule has 1 fully saturated rings. The van der Waals surface area contributed by atoms with E-state index in [-0.39, 0.29) is 25.6 Å². The van der Waals surface area contributed by atoms with Crippen LogP contribution >= 0.6 is 0 Å². The second-order valence-electron chi connectivity index (χ2n) is 7.25. The summed E-state index contributed by atoms with van der Waals surface area (Å²) in [4.78, 5) is 24.5. The number of ether oxygens (including phenoxy) is 1. The van der Waals surface area contributed by atoms with Gasteiger partial charge in [-0.2, -0.15) is 0 Å². The van der Waals surface area contributed by atoms with Crippen molar-refractivity contribution in [2.24, 2.45) is 5.41 Å². The van der Waals surface area contributed by atoms with Crippen LogP contribution in [0.4, 0.5) is 0 Å². The first-order valence-corrected chi connectivity index (χ1v) is 9.09. The Morgan fingerprint density at radius 2 is 1.68 bits per heavy atom. The van der Waals surface area contributed by atoms with E-state index >= 15 is 0 Å². The molecule has 0 aliphatic carbocycles. The van der Waals surface area contributed by atoms with Gasteiger partial charge in [0.2, 0.25) is 0 Å². The first kappa shape index (κ1) is 20.0. The van der Waals surface area contributed by atoms with Crippen LogP contribution < -0.4 is 5.32 Å². The SMILES string of the molecule is C[C@@]1(CN(O)C(=O)c2ccccc2)CO[C@H](CNC(=O)c2ccccc2)[C@H]1O. The van der Waals surface area contributed by atoms with Gasteiger partial charge in [0.1, 0.15) is 6.10 Å². The Morgan fingerprint density at radius 1 is 1.11 bits per heavy atom. The minimum absolute atomic E-state index is 0.0922. The molecule has 3 atom stereocenters. The summed E-state index contributed by atoms with van der Waals surface area (Å²) in [6.07, 6.45) is -1.58. The lowest BCUT2D eigenvalue weighted by molar-refractivity contribution is -0.0940. The van der Waals surface area contributed by atoms with Gasteiger partial charge in [0, 0.05) is 23.1 Å². The van der Waals surface area contributed by atoms with E-state index in [2.05, 4.69) is 5.32 Å². The summed E-state index contributed by atoms with van der Waals surface area (Å²) >= 11 is 0. The number of aliphatic hydroxyl groups excluding tert-OH is 1. The molecule has 0 saturated carbocycles. The molecule has 0 spiro atoms. The van der Waals surface area contributed by atoms with Crippen molar-refractivity contribution in [3.8, 4) is 0 Å². The van der Waals surface area contributed by atoms with Crippen LogP contribution in [0.15, 0.2) is 60.7 Å². The van der Waals surface area contributed by atoms with Gasteiger partial charge in [0.15, 0.2) is 0 Å². The topological polar surface area (TPSA) is 99.1 Å². The van der Waals surface area contributed by atoms with Crippen molar-refractivity contribution in [2.75, 3.05) is 19.7 Å². The summed E-state index contributed by atoms with van der Waals surface area (Å²) in [7, 11) is 0. The number of amides is 2. The van der Waals surface area contributed by atoms with Crippen molar-refractivity contribution < 1.29 is 24.6 Å². The molecule has 3 rings (SSSR count). The molecule has 0 radical (unpaired) electrons. The molecule has 0 unspecified atom stereocenters. The fraction of sp³-hybridized carbons (Fsp3) is 0.333. The Kier molecular flexibility index (Phi) is 6.08. The van der Waals surface area contributed by atoms with Crippen molar-refractivity contribution in [1.82, 2.24) is 10.4 Å². The molecule has 7 heteroatoms. The normalized spacial score (nSPS) is 24.0. The van der Waals surface area contributed by atoms with Crippen molar-refractivity contribution in [3.63, 3.8) is 0 Å². The zero-order valence-corrected chi connectivity index (χ0v) is 15.6. The predicted molar refractivity (Wildman–Crippen MR) is 102 cm³/mol. The van der Waals surface area contributed by atoms with Gasteiger partial charge in [-0.1, -0.05) is 43.3 Å². The second kappa shape index (κ2) is 8.52. The lowest BCUT2D eigenvalue weighted by Crippen LogP contribution is -2.47. The van der Waals surface area contributed by atoms with Crippen LogP contribution in [0.25, 0.3) is 0 Å². The highest BCUT2D eigenvalue weighted by atomic mass is 16.5. The summed E-state index contributed by atoms with van der Waals surface area (Å²) in [6, 6.07) is 17.2. The van der Waals surface area contributed by atoms with Crippen molar-refractivity contribution >= 4 is 11.8 Å². The fourth-order valence-electron chi connectivity index (χ4n) is 3.26. The number of carbonyl (C=O) groups is 2. The zero-order valence-electron chi connectivity index (χ0n) is 15.6. The van der Waals surface area contributed by atoms with Crippen LogP contribution in [-0.2, 0) is 4.74 Å². The molecule has 7 nitrogen and oxygen atoms in total. The van der Waals surface area contributed by atoms with Crippen LogP contribution in [0.5, 0.6) is 0 Å². The molecule has 1 saturated heterocycles. The van der Waals surface area contributed by atoms with E-state index in [0.29, 0.717) is 16.2 Å². The monoisotopic (exact) mass is 384 g/mol. The molecule has 1 aliphatic rings. The molecule has 28 heavy (non-hydrogen) atoms. The maximum absolute atomic E-state index is 12.3. The fourth-order valence-corrected chi connectivity index (χ4v) is 3.26. The average Bonchev–Trinajstić information content (AvgIpc) is 3.00. The first-order valence-electron chi connectivity index (χ1n) is 9.09. The minimum atomic E-state index is -0.957. The quantitative estimate of drug-likeness (QED) is 0.520. The number of nitrogens with zero attached hydrogens (tertiary/aromatic N) is 1. The van der Waals surface area contributed by atoms with Gasteiger partial charge < -0.3 is 15.2 Å². The van der Waals surface area contributed by atoms with Gasteiger partial charge in [0.05, 0.1) is 19.3 Å². The standard InChI is InChI=1S/C21H24N2O5/c1-21(13-23(27)20(26)16-10-6-3-7-11-16)14-28-17(18(21)24)12-22-19(25)15-8-4-2-5-9-15/h2-11,17-18,24,27H,12-14H2,1H3,(H,22,25)/t17-,18-,21-/m1/s1. The van der Waals surface area contributed by atoms with E-state index in [9.17, 15) is 19.9 Å². The summed E-state index contributed by atoms with van der Waals surface area (Å²) < 4.78 is 5.64. The van der Waals surface area contributed by atoms with Crippen LogP contribution in [0.1, 0.15) is 27.6 Å². The van der Waals surface area contributed by atoms with Crippen LogP contribution in [0.2, 0.25) is 0 Å². The lowest BCUT2D eigenvalue weighted by atomic mass is 9.84. The largest absolute Gasteiger partial charge is 0.390 e. The van der Waals surface area contributed by atoms with Crippen molar-refractivity contribution in [3.05, 3.63) is 71.8 Å². The predicted octanol–water partition coefficient (Wildman–Crippen LogP) is 1.71. The molecular formula is C21H24N2O5. The van der Waals surface area contributed by atoms with E-state index in [1.807, 2.05) is 6.07 Å². The third kappa shape index (κ3) is 4.39. The summed E-state index contributed by atoms with van der Waals surface area (Å²) in [5, 5.41) is 24.2. The van der Waals surface area contributed by atoms with E-state index in [4.69, 9.17) is 4.74 Å². The maximum atomic E-state index is 12.3. The molecular weight excluding hydrogens is 360 g/mol. The van der Waals surface area contributed by atoms with E-state index in [0.717, 1.165) is 0 Å². The van der Waals surface area contributed by atoms with E-state index in [1.165, 1.54) is 0 Å². The maximum Gasteiger partial charge on any atom is 0.277 e. The Hall–Kier alpha value is -2.74. The van der Waals surface area contributed by atoms with Crippen molar-refractivity contribution in [2.45, 2.75) is 19.1 Å². The van der Waals surface area contributed by atoms with E-state index in [1.54, 1.807) is 61.5 Å². The number of aliphatic hydroxyl groups is 1. The molecule has 2 amide bonds. The summed E-state index contributed by atoms with van der Waals surface area (Å²) in [5.74, 6) is -0.803. The number of benzene rings is 2. The highest BCUT2D eigenvalue weighted by molar-refractivity contribution is 5.94. The third-order valence-electron chi connectivity index (χ3n) is 4.96. The molecule has 0 bridgehead atoms. The molecule has 3 N–H and O–H groups in total. The molecule has 1 heterocycles. The Morgan fingerprint density at radius 3 is 2.29 bits per heavy atom. The summed E-state index contributed by atoms with van der Waals surface area (Å²) in [5.41, 5.74) is 0.0165. The lowest BCUT2D eigenvalue weighted by Gasteiger charge is -2.31. The Labute approximate surface area is 163 Å². The van der Waals surface area contributed by atoms with Gasteiger partial charge in [-0.3, -0.25) is 14.8 Å². The highest BCUT2D eigenvalue weighted by Crippen LogP contribution is 2.33. The van der Waals surface area contributed by atoms with Gasteiger partial charge in [0.25, 0.3) is 11.8 Å².